The van der Waals surface area contributed by atoms with Crippen LogP contribution >= 0.6 is 0 Å². The number of anilines is 1. The molecule has 3 rings (SSSR count). The van der Waals surface area contributed by atoms with Gasteiger partial charge in [-0.05, 0) is 61.2 Å². The summed E-state index contributed by atoms with van der Waals surface area (Å²) in [4.78, 5) is 16.9. The second kappa shape index (κ2) is 11.1. The second-order valence-corrected chi connectivity index (χ2v) is 8.42. The minimum absolute atomic E-state index is 0.0520. The maximum absolute atomic E-state index is 13.9. The molecule has 8 heteroatoms. The van der Waals surface area contributed by atoms with Crippen LogP contribution in [-0.4, -0.2) is 48.4 Å². The third-order valence-electron chi connectivity index (χ3n) is 6.06. The van der Waals surface area contributed by atoms with Crippen molar-refractivity contribution in [2.24, 2.45) is 0 Å². The minimum Gasteiger partial charge on any atom is -0.324 e. The minimum atomic E-state index is -4.69. The van der Waals surface area contributed by atoms with Gasteiger partial charge in [0.05, 0.1) is 12.1 Å². The summed E-state index contributed by atoms with van der Waals surface area (Å²) >= 11 is 0. The molecule has 0 saturated carbocycles. The van der Waals surface area contributed by atoms with Crippen LogP contribution in [0.1, 0.15) is 42.5 Å². The van der Waals surface area contributed by atoms with E-state index in [9.17, 15) is 22.4 Å². The molecule has 0 bridgehead atoms. The summed E-state index contributed by atoms with van der Waals surface area (Å²) in [6.45, 7) is 7.59. The molecule has 0 aromatic heterocycles. The molecule has 1 fully saturated rings. The first-order chi connectivity index (χ1) is 15.7. The first-order valence-corrected chi connectivity index (χ1v) is 11.4. The van der Waals surface area contributed by atoms with Gasteiger partial charge in [0.25, 0.3) is 0 Å². The van der Waals surface area contributed by atoms with Crippen molar-refractivity contribution in [3.8, 4) is 0 Å². The van der Waals surface area contributed by atoms with Gasteiger partial charge in [0, 0.05) is 25.3 Å². The van der Waals surface area contributed by atoms with E-state index in [0.717, 1.165) is 61.3 Å². The molecule has 1 heterocycles. The normalized spacial score (nSPS) is 15.9. The number of aryl methyl sites for hydroxylation is 2. The van der Waals surface area contributed by atoms with Crippen LogP contribution in [0.25, 0.3) is 0 Å². The summed E-state index contributed by atoms with van der Waals surface area (Å²) in [7, 11) is 0. The van der Waals surface area contributed by atoms with Gasteiger partial charge in [0.15, 0.2) is 0 Å². The third-order valence-corrected chi connectivity index (χ3v) is 6.06. The zero-order valence-corrected chi connectivity index (χ0v) is 19.1. The average molecular weight is 466 g/mol. The molecule has 1 aliphatic heterocycles. The van der Waals surface area contributed by atoms with E-state index in [1.54, 1.807) is 0 Å². The van der Waals surface area contributed by atoms with Gasteiger partial charge >= 0.3 is 6.18 Å². The number of benzene rings is 2. The van der Waals surface area contributed by atoms with Crippen LogP contribution in [0.5, 0.6) is 0 Å². The summed E-state index contributed by atoms with van der Waals surface area (Å²) in [6.07, 6.45) is -2.19. The number of hydrogen-bond donors (Lipinski definition) is 1. The van der Waals surface area contributed by atoms with Crippen molar-refractivity contribution in [2.45, 2.75) is 45.8 Å². The Labute approximate surface area is 192 Å². The summed E-state index contributed by atoms with van der Waals surface area (Å²) in [5, 5.41) is 3.10. The van der Waals surface area contributed by atoms with Crippen molar-refractivity contribution >= 4 is 11.6 Å². The molecule has 0 radical (unpaired) electrons. The fourth-order valence-electron chi connectivity index (χ4n) is 4.27. The van der Waals surface area contributed by atoms with Crippen molar-refractivity contribution in [3.05, 3.63) is 64.5 Å². The van der Waals surface area contributed by atoms with E-state index < -0.39 is 17.6 Å². The summed E-state index contributed by atoms with van der Waals surface area (Å²) < 4.78 is 52.2. The van der Waals surface area contributed by atoms with Gasteiger partial charge in [-0.25, -0.2) is 4.39 Å². The van der Waals surface area contributed by atoms with Crippen molar-refractivity contribution in [1.29, 1.82) is 0 Å². The number of halogens is 4. The van der Waals surface area contributed by atoms with Gasteiger partial charge in [0.2, 0.25) is 5.91 Å². The SMILES string of the molecule is CCc1cccc(CC)c1NC(=O)CN1CCCN(Cc2ccc(C(F)(F)F)c(F)c2)CC1. The first-order valence-electron chi connectivity index (χ1n) is 11.4. The van der Waals surface area contributed by atoms with Crippen molar-refractivity contribution in [1.82, 2.24) is 9.80 Å². The quantitative estimate of drug-likeness (QED) is 0.577. The first kappa shape index (κ1) is 25.2. The molecule has 0 atom stereocenters. The molecule has 0 unspecified atom stereocenters. The highest BCUT2D eigenvalue weighted by Gasteiger charge is 2.34. The Bertz CT molecular complexity index is 939. The zero-order chi connectivity index (χ0) is 24.0. The van der Waals surface area contributed by atoms with Gasteiger partial charge in [-0.2, -0.15) is 13.2 Å². The number of amides is 1. The zero-order valence-electron chi connectivity index (χ0n) is 19.1. The lowest BCUT2D eigenvalue weighted by atomic mass is 10.0. The molecule has 1 saturated heterocycles. The fraction of sp³-hybridized carbons (Fsp3) is 0.480. The van der Waals surface area contributed by atoms with E-state index in [1.165, 1.54) is 6.07 Å². The van der Waals surface area contributed by atoms with Gasteiger partial charge in [-0.1, -0.05) is 38.1 Å². The Kier molecular flexibility index (Phi) is 8.48. The number of hydrogen-bond acceptors (Lipinski definition) is 3. The Morgan fingerprint density at radius 1 is 0.970 bits per heavy atom. The highest BCUT2D eigenvalue weighted by Crippen LogP contribution is 2.31. The number of carbonyl (C=O) groups is 1. The molecule has 2 aromatic rings. The van der Waals surface area contributed by atoms with Gasteiger partial charge in [0.1, 0.15) is 5.82 Å². The van der Waals surface area contributed by atoms with Crippen LogP contribution in [0, 0.1) is 5.82 Å². The molecule has 33 heavy (non-hydrogen) atoms. The molecule has 1 aliphatic rings. The van der Waals surface area contributed by atoms with E-state index in [1.807, 2.05) is 18.2 Å². The molecule has 2 aromatic carbocycles. The predicted molar refractivity (Wildman–Crippen MR) is 122 cm³/mol. The summed E-state index contributed by atoms with van der Waals surface area (Å²) in [5.41, 5.74) is 2.42. The number of nitrogens with one attached hydrogen (secondary N) is 1. The highest BCUT2D eigenvalue weighted by molar-refractivity contribution is 5.93. The summed E-state index contributed by atoms with van der Waals surface area (Å²) in [5.74, 6) is -1.30. The lowest BCUT2D eigenvalue weighted by molar-refractivity contribution is -0.140. The molecule has 1 N–H and O–H groups in total. The van der Waals surface area contributed by atoms with Crippen LogP contribution in [0.2, 0.25) is 0 Å². The van der Waals surface area contributed by atoms with E-state index in [4.69, 9.17) is 0 Å². The molecular formula is C25H31F4N3O. The standard InChI is InChI=1S/C25H31F4N3O/c1-3-19-7-5-8-20(4-2)24(19)30-23(33)17-32-12-6-11-31(13-14-32)16-18-9-10-21(22(26)15-18)25(27,28)29/h5,7-10,15H,3-4,6,11-14,16-17H2,1-2H3,(H,30,33). The molecule has 1 amide bonds. The van der Waals surface area contributed by atoms with E-state index >= 15 is 0 Å². The molecular weight excluding hydrogens is 434 g/mol. The maximum Gasteiger partial charge on any atom is 0.419 e. The lowest BCUT2D eigenvalue weighted by Gasteiger charge is -2.22. The fourth-order valence-corrected chi connectivity index (χ4v) is 4.27. The van der Waals surface area contributed by atoms with E-state index in [0.29, 0.717) is 25.2 Å². The monoisotopic (exact) mass is 465 g/mol. The lowest BCUT2D eigenvalue weighted by Crippen LogP contribution is -2.36. The average Bonchev–Trinajstić information content (AvgIpc) is 2.98. The third kappa shape index (κ3) is 6.77. The van der Waals surface area contributed by atoms with Gasteiger partial charge < -0.3 is 5.32 Å². The molecule has 180 valence electrons. The number of carbonyl (C=O) groups excluding carboxylic acids is 1. The van der Waals surface area contributed by atoms with Crippen molar-refractivity contribution in [3.63, 3.8) is 0 Å². The summed E-state index contributed by atoms with van der Waals surface area (Å²) in [6, 6.07) is 9.18. The molecule has 4 nitrogen and oxygen atoms in total. The highest BCUT2D eigenvalue weighted by atomic mass is 19.4. The smallest absolute Gasteiger partial charge is 0.324 e. The van der Waals surface area contributed by atoms with Crippen LogP contribution in [0.4, 0.5) is 23.2 Å². The number of nitrogens with zero attached hydrogens (tertiary/aromatic N) is 2. The predicted octanol–water partition coefficient (Wildman–Crippen LogP) is 5.12. The largest absolute Gasteiger partial charge is 0.419 e. The topological polar surface area (TPSA) is 35.6 Å². The Morgan fingerprint density at radius 2 is 1.61 bits per heavy atom. The number of para-hydroxylation sites is 1. The Morgan fingerprint density at radius 3 is 2.21 bits per heavy atom. The Hall–Kier alpha value is -2.45. The van der Waals surface area contributed by atoms with Crippen LogP contribution in [0.15, 0.2) is 36.4 Å². The van der Waals surface area contributed by atoms with Crippen LogP contribution < -0.4 is 5.32 Å². The molecule has 0 aliphatic carbocycles. The van der Waals surface area contributed by atoms with Crippen molar-refractivity contribution in [2.75, 3.05) is 38.0 Å². The van der Waals surface area contributed by atoms with Crippen molar-refractivity contribution < 1.29 is 22.4 Å². The number of alkyl halides is 3. The van der Waals surface area contributed by atoms with E-state index in [2.05, 4.69) is 29.0 Å². The van der Waals surface area contributed by atoms with Gasteiger partial charge in [-0.15, -0.1) is 0 Å². The van der Waals surface area contributed by atoms with E-state index in [-0.39, 0.29) is 12.5 Å². The molecule has 0 spiro atoms. The maximum atomic E-state index is 13.9. The van der Waals surface area contributed by atoms with Crippen LogP contribution in [-0.2, 0) is 30.4 Å². The van der Waals surface area contributed by atoms with Crippen LogP contribution in [0.3, 0.4) is 0 Å². The van der Waals surface area contributed by atoms with Gasteiger partial charge in [-0.3, -0.25) is 14.6 Å². The number of rotatable bonds is 7. The second-order valence-electron chi connectivity index (χ2n) is 8.42. The Balaban J connectivity index is 1.55.